The number of amides is 1. The highest BCUT2D eigenvalue weighted by Crippen LogP contribution is 2.35. The first-order valence-corrected chi connectivity index (χ1v) is 10.8. The Morgan fingerprint density at radius 2 is 2.03 bits per heavy atom. The first-order chi connectivity index (χ1) is 15.0. The molecule has 0 saturated heterocycles. The van der Waals surface area contributed by atoms with Crippen molar-refractivity contribution in [1.82, 2.24) is 14.8 Å². The van der Waals surface area contributed by atoms with E-state index in [0.29, 0.717) is 5.69 Å². The van der Waals surface area contributed by atoms with Crippen LogP contribution in [-0.2, 0) is 17.9 Å². The van der Waals surface area contributed by atoms with Crippen molar-refractivity contribution in [2.75, 3.05) is 12.4 Å². The van der Waals surface area contributed by atoms with E-state index in [-0.39, 0.29) is 6.61 Å². The van der Waals surface area contributed by atoms with Gasteiger partial charge < -0.3 is 9.47 Å². The van der Waals surface area contributed by atoms with Crippen molar-refractivity contribution >= 4 is 34.0 Å². The van der Waals surface area contributed by atoms with Crippen molar-refractivity contribution < 1.29 is 14.3 Å². The molecule has 2 heterocycles. The van der Waals surface area contributed by atoms with Crippen LogP contribution in [0.25, 0.3) is 21.5 Å². The predicted molar refractivity (Wildman–Crippen MR) is 123 cm³/mol. The van der Waals surface area contributed by atoms with Gasteiger partial charge in [-0.2, -0.15) is 5.10 Å². The Balaban J connectivity index is 1.43. The molecule has 0 atom stereocenters. The topological polar surface area (TPSA) is 78.3 Å². The van der Waals surface area contributed by atoms with E-state index in [2.05, 4.69) is 15.4 Å². The SMILES string of the molecule is CCn1cc2cc(NC(=O)OCc3sc(-c4ccc(C)cc4OC)nc3C)ccc2n1. The van der Waals surface area contributed by atoms with Crippen molar-refractivity contribution in [3.05, 3.63) is 58.7 Å². The largest absolute Gasteiger partial charge is 0.496 e. The minimum Gasteiger partial charge on any atom is -0.496 e. The molecule has 0 spiro atoms. The van der Waals surface area contributed by atoms with Crippen LogP contribution in [0.15, 0.2) is 42.6 Å². The fourth-order valence-electron chi connectivity index (χ4n) is 3.25. The molecule has 31 heavy (non-hydrogen) atoms. The second-order valence-electron chi connectivity index (χ2n) is 7.19. The third kappa shape index (κ3) is 4.54. The molecule has 2 aromatic carbocycles. The maximum Gasteiger partial charge on any atom is 0.411 e. The van der Waals surface area contributed by atoms with E-state index >= 15 is 0 Å². The average molecular weight is 437 g/mol. The summed E-state index contributed by atoms with van der Waals surface area (Å²) in [5.74, 6) is 0.778. The van der Waals surface area contributed by atoms with Crippen molar-refractivity contribution in [3.8, 4) is 16.3 Å². The third-order valence-corrected chi connectivity index (χ3v) is 6.10. The zero-order chi connectivity index (χ0) is 22.0. The van der Waals surface area contributed by atoms with E-state index in [9.17, 15) is 4.79 Å². The van der Waals surface area contributed by atoms with E-state index in [1.807, 2.05) is 68.0 Å². The highest BCUT2D eigenvalue weighted by molar-refractivity contribution is 7.15. The molecule has 0 radical (unpaired) electrons. The first-order valence-electron chi connectivity index (χ1n) is 9.99. The lowest BCUT2D eigenvalue weighted by atomic mass is 10.1. The first kappa shape index (κ1) is 20.9. The van der Waals surface area contributed by atoms with Crippen molar-refractivity contribution in [1.29, 1.82) is 0 Å². The van der Waals surface area contributed by atoms with Crippen LogP contribution in [0.1, 0.15) is 23.1 Å². The smallest absolute Gasteiger partial charge is 0.411 e. The fourth-order valence-corrected chi connectivity index (χ4v) is 4.26. The molecule has 0 fully saturated rings. The Morgan fingerprint density at radius 1 is 1.19 bits per heavy atom. The van der Waals surface area contributed by atoms with Gasteiger partial charge in [0.05, 0.1) is 28.8 Å². The van der Waals surface area contributed by atoms with Crippen molar-refractivity contribution in [2.24, 2.45) is 0 Å². The number of thiazole rings is 1. The maximum absolute atomic E-state index is 12.3. The summed E-state index contributed by atoms with van der Waals surface area (Å²) in [6.07, 6.45) is 1.44. The van der Waals surface area contributed by atoms with Gasteiger partial charge in [0.1, 0.15) is 17.4 Å². The summed E-state index contributed by atoms with van der Waals surface area (Å²) in [5.41, 5.74) is 4.44. The van der Waals surface area contributed by atoms with Crippen LogP contribution in [0, 0.1) is 13.8 Å². The Morgan fingerprint density at radius 3 is 2.81 bits per heavy atom. The van der Waals surface area contributed by atoms with Gasteiger partial charge in [-0.3, -0.25) is 10.00 Å². The zero-order valence-electron chi connectivity index (χ0n) is 17.9. The second-order valence-corrected chi connectivity index (χ2v) is 8.27. The lowest BCUT2D eigenvalue weighted by Crippen LogP contribution is -2.13. The zero-order valence-corrected chi connectivity index (χ0v) is 18.7. The molecule has 1 N–H and O–H groups in total. The van der Waals surface area contributed by atoms with Crippen molar-refractivity contribution in [2.45, 2.75) is 33.9 Å². The summed E-state index contributed by atoms with van der Waals surface area (Å²) in [4.78, 5) is 17.9. The molecule has 160 valence electrons. The van der Waals surface area contributed by atoms with Crippen LogP contribution in [0.5, 0.6) is 5.75 Å². The van der Waals surface area contributed by atoms with Crippen LogP contribution in [0.3, 0.4) is 0 Å². The number of carbonyl (C=O) groups is 1. The Labute approximate surface area is 184 Å². The summed E-state index contributed by atoms with van der Waals surface area (Å²) in [6.45, 7) is 6.91. The summed E-state index contributed by atoms with van der Waals surface area (Å²) < 4.78 is 12.8. The molecule has 4 aromatic rings. The van der Waals surface area contributed by atoms with Gasteiger partial charge in [-0.05, 0) is 56.7 Å². The summed E-state index contributed by atoms with van der Waals surface area (Å²) in [6, 6.07) is 11.6. The van der Waals surface area contributed by atoms with Gasteiger partial charge in [-0.1, -0.05) is 6.07 Å². The number of methoxy groups -OCH3 is 1. The minimum atomic E-state index is -0.510. The fraction of sp³-hybridized carbons (Fsp3) is 0.261. The quantitative estimate of drug-likeness (QED) is 0.428. The van der Waals surface area contributed by atoms with Crippen LogP contribution in [0.2, 0.25) is 0 Å². The van der Waals surface area contributed by atoms with E-state index in [0.717, 1.165) is 49.9 Å². The number of benzene rings is 2. The Hall–Kier alpha value is -3.39. The van der Waals surface area contributed by atoms with Gasteiger partial charge in [0.15, 0.2) is 0 Å². The van der Waals surface area contributed by atoms with Crippen LogP contribution >= 0.6 is 11.3 Å². The number of rotatable bonds is 6. The highest BCUT2D eigenvalue weighted by Gasteiger charge is 2.15. The van der Waals surface area contributed by atoms with Crippen LogP contribution in [0.4, 0.5) is 10.5 Å². The minimum absolute atomic E-state index is 0.152. The lowest BCUT2D eigenvalue weighted by Gasteiger charge is -2.07. The molecule has 0 bridgehead atoms. The number of carbonyl (C=O) groups excluding carboxylic acids is 1. The summed E-state index contributed by atoms with van der Waals surface area (Å²) in [5, 5.41) is 9.03. The average Bonchev–Trinajstić information content (AvgIpc) is 3.34. The van der Waals surface area contributed by atoms with Crippen molar-refractivity contribution in [3.63, 3.8) is 0 Å². The molecule has 4 rings (SSSR count). The number of hydrogen-bond donors (Lipinski definition) is 1. The molecular weight excluding hydrogens is 412 g/mol. The number of hydrogen-bond acceptors (Lipinski definition) is 6. The third-order valence-electron chi connectivity index (χ3n) is 4.94. The van der Waals surface area contributed by atoms with Crippen LogP contribution in [-0.4, -0.2) is 28.0 Å². The molecule has 8 heteroatoms. The van der Waals surface area contributed by atoms with Gasteiger partial charge in [-0.25, -0.2) is 9.78 Å². The van der Waals surface area contributed by atoms with Gasteiger partial charge in [0, 0.05) is 23.8 Å². The highest BCUT2D eigenvalue weighted by atomic mass is 32.1. The number of ether oxygens (including phenoxy) is 2. The van der Waals surface area contributed by atoms with Gasteiger partial charge >= 0.3 is 6.09 Å². The number of anilines is 1. The van der Waals surface area contributed by atoms with Gasteiger partial charge in [-0.15, -0.1) is 11.3 Å². The maximum atomic E-state index is 12.3. The summed E-state index contributed by atoms with van der Waals surface area (Å²) in [7, 11) is 1.65. The number of nitrogens with one attached hydrogen (secondary N) is 1. The molecule has 0 unspecified atom stereocenters. The van der Waals surface area contributed by atoms with Crippen LogP contribution < -0.4 is 10.1 Å². The molecule has 1 amide bonds. The Kier molecular flexibility index (Phi) is 5.90. The monoisotopic (exact) mass is 436 g/mol. The molecule has 7 nitrogen and oxygen atoms in total. The summed E-state index contributed by atoms with van der Waals surface area (Å²) >= 11 is 1.50. The normalized spacial score (nSPS) is 11.0. The molecule has 0 aliphatic carbocycles. The molecule has 0 saturated carbocycles. The van der Waals surface area contributed by atoms with E-state index < -0.39 is 6.09 Å². The van der Waals surface area contributed by atoms with E-state index in [1.165, 1.54) is 11.3 Å². The molecule has 0 aliphatic rings. The number of nitrogens with zero attached hydrogens (tertiary/aromatic N) is 3. The number of aryl methyl sites for hydroxylation is 3. The van der Waals surface area contributed by atoms with E-state index in [4.69, 9.17) is 9.47 Å². The molecule has 0 aliphatic heterocycles. The number of fused-ring (bicyclic) bond motifs is 1. The second kappa shape index (κ2) is 8.77. The Bertz CT molecular complexity index is 1250. The molecule has 2 aromatic heterocycles. The lowest BCUT2D eigenvalue weighted by molar-refractivity contribution is 0.156. The number of aromatic nitrogens is 3. The standard InChI is InChI=1S/C23H24N4O3S/c1-5-27-12-16-11-17(7-9-19(16)26-27)25-23(28)30-13-21-15(3)24-22(31-21)18-8-6-14(2)10-20(18)29-4/h6-12H,5,13H2,1-4H3,(H,25,28). The van der Waals surface area contributed by atoms with Gasteiger partial charge in [0.2, 0.25) is 0 Å². The molecular formula is C23H24N4O3S. The van der Waals surface area contributed by atoms with E-state index in [1.54, 1.807) is 7.11 Å². The predicted octanol–water partition coefficient (Wildman–Crippen LogP) is 5.55. The van der Waals surface area contributed by atoms with Gasteiger partial charge in [0.25, 0.3) is 0 Å².